The Balaban J connectivity index is 1.33. The van der Waals surface area contributed by atoms with Gasteiger partial charge in [-0.1, -0.05) is 0 Å². The quantitative estimate of drug-likeness (QED) is 0.511. The SMILES string of the molecule is CN1CCN(c2nc(NCc3nc4ccc(F)cc4[nH]3)n3ncc(C4CC4)c3n2)CC1. The second-order valence-corrected chi connectivity index (χ2v) is 8.45. The average Bonchev–Trinajstić information content (AvgIpc) is 3.39. The maximum atomic E-state index is 13.5. The molecule has 31 heavy (non-hydrogen) atoms. The number of piperazine rings is 1. The van der Waals surface area contributed by atoms with Crippen LogP contribution in [0.5, 0.6) is 0 Å². The molecule has 1 saturated heterocycles. The number of benzene rings is 1. The number of imidazole rings is 1. The van der Waals surface area contributed by atoms with Crippen molar-refractivity contribution in [3.63, 3.8) is 0 Å². The van der Waals surface area contributed by atoms with E-state index in [0.29, 0.717) is 29.8 Å². The summed E-state index contributed by atoms with van der Waals surface area (Å²) in [5.74, 6) is 2.35. The number of aromatic nitrogens is 6. The van der Waals surface area contributed by atoms with Crippen LogP contribution in [0.3, 0.4) is 0 Å². The minimum absolute atomic E-state index is 0.283. The highest BCUT2D eigenvalue weighted by molar-refractivity contribution is 5.75. The summed E-state index contributed by atoms with van der Waals surface area (Å²) in [6.07, 6.45) is 4.30. The number of anilines is 2. The molecule has 1 saturated carbocycles. The molecule has 1 aliphatic carbocycles. The predicted octanol–water partition coefficient (Wildman–Crippen LogP) is 2.38. The van der Waals surface area contributed by atoms with E-state index in [4.69, 9.17) is 9.97 Å². The average molecular weight is 421 g/mol. The van der Waals surface area contributed by atoms with Crippen LogP contribution in [-0.4, -0.2) is 67.7 Å². The summed E-state index contributed by atoms with van der Waals surface area (Å²) < 4.78 is 15.3. The van der Waals surface area contributed by atoms with Crippen LogP contribution in [0.1, 0.15) is 30.1 Å². The standard InChI is InChI=1S/C21H24FN9/c1-29-6-8-30(9-7-29)21-27-19-15(13-2-3-13)11-24-31(19)20(28-21)23-12-18-25-16-5-4-14(22)10-17(16)26-18/h4-5,10-11,13H,2-3,6-9,12H2,1H3,(H,25,26)(H,23,27,28). The van der Waals surface area contributed by atoms with Gasteiger partial charge in [0.1, 0.15) is 11.6 Å². The summed E-state index contributed by atoms with van der Waals surface area (Å²) in [7, 11) is 2.13. The number of fused-ring (bicyclic) bond motifs is 2. The monoisotopic (exact) mass is 421 g/mol. The molecule has 1 aromatic carbocycles. The van der Waals surface area contributed by atoms with Crippen molar-refractivity contribution >= 4 is 28.6 Å². The first-order chi connectivity index (χ1) is 15.1. The third kappa shape index (κ3) is 3.46. The lowest BCUT2D eigenvalue weighted by atomic mass is 10.2. The van der Waals surface area contributed by atoms with E-state index in [1.54, 1.807) is 10.6 Å². The molecule has 0 amide bonds. The molecule has 0 unspecified atom stereocenters. The van der Waals surface area contributed by atoms with Crippen molar-refractivity contribution < 1.29 is 4.39 Å². The van der Waals surface area contributed by atoms with E-state index in [0.717, 1.165) is 43.3 Å². The number of hydrogen-bond donors (Lipinski definition) is 2. The second kappa shape index (κ2) is 7.16. The van der Waals surface area contributed by atoms with Gasteiger partial charge in [-0.3, -0.25) is 0 Å². The Kier molecular flexibility index (Phi) is 4.27. The molecule has 160 valence electrons. The third-order valence-electron chi connectivity index (χ3n) is 6.09. The zero-order valence-corrected chi connectivity index (χ0v) is 17.3. The van der Waals surface area contributed by atoms with E-state index in [-0.39, 0.29) is 5.82 Å². The lowest BCUT2D eigenvalue weighted by Crippen LogP contribution is -2.45. The van der Waals surface area contributed by atoms with Gasteiger partial charge in [0.05, 0.1) is 23.8 Å². The number of nitrogens with zero attached hydrogens (tertiary/aromatic N) is 7. The van der Waals surface area contributed by atoms with Crippen molar-refractivity contribution in [3.8, 4) is 0 Å². The van der Waals surface area contributed by atoms with Gasteiger partial charge in [0.2, 0.25) is 11.9 Å². The Morgan fingerprint density at radius 2 is 1.97 bits per heavy atom. The third-order valence-corrected chi connectivity index (χ3v) is 6.09. The van der Waals surface area contributed by atoms with Gasteiger partial charge in [-0.25, -0.2) is 9.37 Å². The van der Waals surface area contributed by atoms with Gasteiger partial charge in [0.25, 0.3) is 0 Å². The molecule has 1 aliphatic heterocycles. The van der Waals surface area contributed by atoms with Gasteiger partial charge < -0.3 is 20.1 Å². The van der Waals surface area contributed by atoms with Crippen molar-refractivity contribution in [3.05, 3.63) is 41.6 Å². The van der Waals surface area contributed by atoms with Gasteiger partial charge in [0, 0.05) is 31.7 Å². The Hall–Kier alpha value is -3.27. The Morgan fingerprint density at radius 3 is 2.77 bits per heavy atom. The molecule has 9 nitrogen and oxygen atoms in total. The molecule has 2 fully saturated rings. The molecule has 0 radical (unpaired) electrons. The number of hydrogen-bond acceptors (Lipinski definition) is 7. The summed E-state index contributed by atoms with van der Waals surface area (Å²) in [6, 6.07) is 4.55. The van der Waals surface area contributed by atoms with Crippen LogP contribution in [0, 0.1) is 5.82 Å². The lowest BCUT2D eigenvalue weighted by Gasteiger charge is -2.32. The molecule has 2 aliphatic rings. The molecule has 4 aromatic rings. The van der Waals surface area contributed by atoms with Crippen LogP contribution in [-0.2, 0) is 6.54 Å². The fraction of sp³-hybridized carbons (Fsp3) is 0.429. The summed E-state index contributed by atoms with van der Waals surface area (Å²) in [6.45, 7) is 4.19. The largest absolute Gasteiger partial charge is 0.347 e. The van der Waals surface area contributed by atoms with E-state index >= 15 is 0 Å². The van der Waals surface area contributed by atoms with Crippen LogP contribution in [0.2, 0.25) is 0 Å². The van der Waals surface area contributed by atoms with Crippen LogP contribution in [0.25, 0.3) is 16.7 Å². The van der Waals surface area contributed by atoms with Gasteiger partial charge in [-0.15, -0.1) is 0 Å². The molecule has 0 spiro atoms. The van der Waals surface area contributed by atoms with Gasteiger partial charge in [0.15, 0.2) is 5.65 Å². The minimum atomic E-state index is -0.283. The van der Waals surface area contributed by atoms with Crippen molar-refractivity contribution in [2.75, 3.05) is 43.4 Å². The van der Waals surface area contributed by atoms with Crippen molar-refractivity contribution in [1.82, 2.24) is 34.4 Å². The van der Waals surface area contributed by atoms with E-state index in [2.05, 4.69) is 37.2 Å². The zero-order chi connectivity index (χ0) is 20.9. The maximum Gasteiger partial charge on any atom is 0.230 e. The molecular formula is C21H24FN9. The summed E-state index contributed by atoms with van der Waals surface area (Å²) in [4.78, 5) is 22.0. The molecule has 4 heterocycles. The first-order valence-electron chi connectivity index (χ1n) is 10.7. The van der Waals surface area contributed by atoms with Crippen molar-refractivity contribution in [2.45, 2.75) is 25.3 Å². The van der Waals surface area contributed by atoms with Crippen LogP contribution in [0.15, 0.2) is 24.4 Å². The maximum absolute atomic E-state index is 13.5. The molecule has 0 atom stereocenters. The van der Waals surface area contributed by atoms with Gasteiger partial charge in [-0.05, 0) is 44.0 Å². The van der Waals surface area contributed by atoms with Gasteiger partial charge >= 0.3 is 0 Å². The second-order valence-electron chi connectivity index (χ2n) is 8.45. The highest BCUT2D eigenvalue weighted by atomic mass is 19.1. The van der Waals surface area contributed by atoms with E-state index in [1.165, 1.54) is 30.5 Å². The van der Waals surface area contributed by atoms with Crippen LogP contribution < -0.4 is 10.2 Å². The molecule has 3 aromatic heterocycles. The summed E-state index contributed by atoms with van der Waals surface area (Å²) in [5, 5.41) is 7.93. The number of halogens is 1. The summed E-state index contributed by atoms with van der Waals surface area (Å²) in [5.41, 5.74) is 3.48. The predicted molar refractivity (Wildman–Crippen MR) is 116 cm³/mol. The first-order valence-corrected chi connectivity index (χ1v) is 10.7. The number of likely N-dealkylation sites (N-methyl/N-ethyl adjacent to an activating group) is 1. The van der Waals surface area contributed by atoms with Crippen molar-refractivity contribution in [1.29, 1.82) is 0 Å². The molecule has 2 N–H and O–H groups in total. The molecular weight excluding hydrogens is 397 g/mol. The Morgan fingerprint density at radius 1 is 1.13 bits per heavy atom. The van der Waals surface area contributed by atoms with E-state index < -0.39 is 0 Å². The molecule has 6 rings (SSSR count). The lowest BCUT2D eigenvalue weighted by molar-refractivity contribution is 0.311. The minimum Gasteiger partial charge on any atom is -0.347 e. The Bertz CT molecular complexity index is 1250. The molecule has 10 heteroatoms. The zero-order valence-electron chi connectivity index (χ0n) is 17.3. The van der Waals surface area contributed by atoms with Crippen molar-refractivity contribution in [2.24, 2.45) is 0 Å². The fourth-order valence-corrected chi connectivity index (χ4v) is 4.11. The van der Waals surface area contributed by atoms with Crippen LogP contribution >= 0.6 is 0 Å². The fourth-order valence-electron chi connectivity index (χ4n) is 4.11. The van der Waals surface area contributed by atoms with E-state index in [9.17, 15) is 4.39 Å². The highest BCUT2D eigenvalue weighted by Gasteiger charge is 2.29. The first kappa shape index (κ1) is 18.5. The van der Waals surface area contributed by atoms with Crippen LogP contribution in [0.4, 0.5) is 16.3 Å². The van der Waals surface area contributed by atoms with Gasteiger partial charge in [-0.2, -0.15) is 19.6 Å². The number of aromatic amines is 1. The normalized spacial score (nSPS) is 17.7. The smallest absolute Gasteiger partial charge is 0.230 e. The number of nitrogens with one attached hydrogen (secondary N) is 2. The number of rotatable bonds is 5. The van der Waals surface area contributed by atoms with E-state index in [1.807, 2.05) is 6.20 Å². The molecule has 0 bridgehead atoms. The topological polar surface area (TPSA) is 90.3 Å². The Labute approximate surface area is 178 Å². The highest BCUT2D eigenvalue weighted by Crippen LogP contribution is 2.42. The number of H-pyrrole nitrogens is 1. The summed E-state index contributed by atoms with van der Waals surface area (Å²) >= 11 is 0.